The van der Waals surface area contributed by atoms with Crippen LogP contribution in [0, 0.1) is 5.92 Å². The second kappa shape index (κ2) is 7.54. The molecule has 0 saturated heterocycles. The zero-order valence-electron chi connectivity index (χ0n) is 12.2. The Morgan fingerprint density at radius 1 is 1.16 bits per heavy atom. The fourth-order valence-corrected chi connectivity index (χ4v) is 2.97. The van der Waals surface area contributed by atoms with Gasteiger partial charge in [0.05, 0.1) is 0 Å². The molecule has 0 radical (unpaired) electrons. The van der Waals surface area contributed by atoms with Gasteiger partial charge in [0.1, 0.15) is 0 Å². The predicted molar refractivity (Wildman–Crippen MR) is 83.6 cm³/mol. The van der Waals surface area contributed by atoms with E-state index < -0.39 is 0 Å². The summed E-state index contributed by atoms with van der Waals surface area (Å²) in [5.41, 5.74) is 8.48. The Balaban J connectivity index is 1.87. The smallest absolute Gasteiger partial charge is 0.0340 e. The predicted octanol–water partition coefficient (Wildman–Crippen LogP) is 4.13. The minimum atomic E-state index is 0.582. The molecule has 1 aromatic rings. The van der Waals surface area contributed by atoms with Crippen molar-refractivity contribution >= 4 is 5.69 Å². The normalized spacial score (nSPS) is 18.2. The van der Waals surface area contributed by atoms with Crippen molar-refractivity contribution in [2.45, 2.75) is 51.4 Å². The molecule has 1 fully saturated rings. The first kappa shape index (κ1) is 14.4. The Hall–Kier alpha value is -1.02. The monoisotopic (exact) mass is 260 g/mol. The minimum absolute atomic E-state index is 0.582. The lowest BCUT2D eigenvalue weighted by atomic mass is 9.84. The second-order valence-corrected chi connectivity index (χ2v) is 5.85. The van der Waals surface area contributed by atoms with Gasteiger partial charge in [0.25, 0.3) is 0 Å². The van der Waals surface area contributed by atoms with Crippen molar-refractivity contribution in [1.82, 2.24) is 0 Å². The molecular weight excluding hydrogens is 232 g/mol. The van der Waals surface area contributed by atoms with Crippen molar-refractivity contribution in [3.8, 4) is 0 Å². The van der Waals surface area contributed by atoms with Gasteiger partial charge in [0.15, 0.2) is 0 Å². The molecule has 1 aromatic carbocycles. The lowest BCUT2D eigenvalue weighted by molar-refractivity contribution is 0.443. The van der Waals surface area contributed by atoms with Crippen molar-refractivity contribution in [3.05, 3.63) is 29.8 Å². The molecule has 1 atom stereocenters. The first-order valence-electron chi connectivity index (χ1n) is 7.87. The molecule has 0 aromatic heterocycles. The van der Waals surface area contributed by atoms with E-state index in [1.54, 1.807) is 0 Å². The number of nitrogens with two attached hydrogens (primary N) is 1. The first-order chi connectivity index (χ1) is 9.33. The first-order valence-corrected chi connectivity index (χ1v) is 7.87. The number of benzene rings is 1. The van der Waals surface area contributed by atoms with E-state index in [-0.39, 0.29) is 0 Å². The van der Waals surface area contributed by atoms with Gasteiger partial charge < -0.3 is 11.1 Å². The molecule has 0 heterocycles. The third kappa shape index (κ3) is 4.24. The molecule has 3 N–H and O–H groups in total. The largest absolute Gasteiger partial charge is 0.385 e. The summed E-state index contributed by atoms with van der Waals surface area (Å²) in [6.07, 6.45) is 8.12. The molecule has 0 spiro atoms. The Bertz CT molecular complexity index is 348. The summed E-state index contributed by atoms with van der Waals surface area (Å²) in [5.74, 6) is 1.38. The van der Waals surface area contributed by atoms with Gasteiger partial charge in [-0.15, -0.1) is 0 Å². The van der Waals surface area contributed by atoms with Gasteiger partial charge in [-0.25, -0.2) is 0 Å². The molecule has 1 unspecified atom stereocenters. The summed E-state index contributed by atoms with van der Waals surface area (Å²) >= 11 is 0. The van der Waals surface area contributed by atoms with Crippen LogP contribution in [0.5, 0.6) is 0 Å². The van der Waals surface area contributed by atoms with Crippen LogP contribution >= 0.6 is 0 Å². The fourth-order valence-electron chi connectivity index (χ4n) is 2.97. The van der Waals surface area contributed by atoms with Crippen molar-refractivity contribution in [3.63, 3.8) is 0 Å². The molecule has 2 rings (SSSR count). The van der Waals surface area contributed by atoms with E-state index >= 15 is 0 Å². The average Bonchev–Trinajstić information content (AvgIpc) is 2.50. The third-order valence-corrected chi connectivity index (χ3v) is 4.49. The molecular formula is C17H28N2. The van der Waals surface area contributed by atoms with Crippen molar-refractivity contribution < 1.29 is 0 Å². The number of anilines is 1. The van der Waals surface area contributed by atoms with Crippen LogP contribution in [0.25, 0.3) is 0 Å². The summed E-state index contributed by atoms with van der Waals surface area (Å²) in [6, 6.07) is 9.07. The van der Waals surface area contributed by atoms with Crippen LogP contribution < -0.4 is 11.1 Å². The standard InChI is InChI=1S/C17H28N2/c1-2-14(12-18)13-19-17-10-8-16(9-11-17)15-6-4-3-5-7-15/h8-11,14-15,19H,2-7,12-13,18H2,1H3. The highest BCUT2D eigenvalue weighted by Crippen LogP contribution is 2.32. The van der Waals surface area contributed by atoms with E-state index in [1.165, 1.54) is 43.4 Å². The molecule has 0 amide bonds. The Labute approximate surface area is 117 Å². The van der Waals surface area contributed by atoms with Gasteiger partial charge in [0, 0.05) is 12.2 Å². The maximum atomic E-state index is 5.73. The van der Waals surface area contributed by atoms with Crippen molar-refractivity contribution in [2.24, 2.45) is 11.7 Å². The van der Waals surface area contributed by atoms with Gasteiger partial charge in [-0.1, -0.05) is 44.7 Å². The maximum absolute atomic E-state index is 5.73. The summed E-state index contributed by atoms with van der Waals surface area (Å²) in [4.78, 5) is 0. The second-order valence-electron chi connectivity index (χ2n) is 5.85. The summed E-state index contributed by atoms with van der Waals surface area (Å²) in [5, 5.41) is 3.50. The lowest BCUT2D eigenvalue weighted by Gasteiger charge is -2.22. The van der Waals surface area contributed by atoms with E-state index in [1.807, 2.05) is 0 Å². The van der Waals surface area contributed by atoms with E-state index in [2.05, 4.69) is 36.5 Å². The maximum Gasteiger partial charge on any atom is 0.0340 e. The van der Waals surface area contributed by atoms with Crippen molar-refractivity contribution in [1.29, 1.82) is 0 Å². The highest BCUT2D eigenvalue weighted by molar-refractivity contribution is 5.45. The van der Waals surface area contributed by atoms with E-state index in [4.69, 9.17) is 5.73 Å². The molecule has 19 heavy (non-hydrogen) atoms. The average molecular weight is 260 g/mol. The minimum Gasteiger partial charge on any atom is -0.385 e. The van der Waals surface area contributed by atoms with Crippen LogP contribution in [0.2, 0.25) is 0 Å². The Morgan fingerprint density at radius 2 is 1.84 bits per heavy atom. The number of hydrogen-bond acceptors (Lipinski definition) is 2. The van der Waals surface area contributed by atoms with Crippen LogP contribution in [-0.2, 0) is 0 Å². The molecule has 2 nitrogen and oxygen atoms in total. The van der Waals surface area contributed by atoms with Crippen LogP contribution in [0.3, 0.4) is 0 Å². The van der Waals surface area contributed by atoms with Gasteiger partial charge in [-0.3, -0.25) is 0 Å². The molecule has 1 saturated carbocycles. The summed E-state index contributed by atoms with van der Waals surface area (Å²) in [7, 11) is 0. The lowest BCUT2D eigenvalue weighted by Crippen LogP contribution is -2.22. The zero-order valence-corrected chi connectivity index (χ0v) is 12.2. The van der Waals surface area contributed by atoms with Crippen molar-refractivity contribution in [2.75, 3.05) is 18.4 Å². The van der Waals surface area contributed by atoms with Crippen LogP contribution in [-0.4, -0.2) is 13.1 Å². The van der Waals surface area contributed by atoms with Crippen LogP contribution in [0.15, 0.2) is 24.3 Å². The third-order valence-electron chi connectivity index (χ3n) is 4.49. The number of hydrogen-bond donors (Lipinski definition) is 2. The van der Waals surface area contributed by atoms with Crippen LogP contribution in [0.1, 0.15) is 56.9 Å². The van der Waals surface area contributed by atoms with Gasteiger partial charge in [0.2, 0.25) is 0 Å². The SMILES string of the molecule is CCC(CN)CNc1ccc(C2CCCCC2)cc1. The molecule has 106 valence electrons. The quantitative estimate of drug-likeness (QED) is 0.807. The molecule has 1 aliphatic rings. The summed E-state index contributed by atoms with van der Waals surface area (Å²) < 4.78 is 0. The fraction of sp³-hybridized carbons (Fsp3) is 0.647. The highest BCUT2D eigenvalue weighted by atomic mass is 14.9. The van der Waals surface area contributed by atoms with Crippen LogP contribution in [0.4, 0.5) is 5.69 Å². The highest BCUT2D eigenvalue weighted by Gasteiger charge is 2.15. The molecule has 2 heteroatoms. The summed E-state index contributed by atoms with van der Waals surface area (Å²) in [6.45, 7) is 3.95. The van der Waals surface area contributed by atoms with Gasteiger partial charge >= 0.3 is 0 Å². The molecule has 0 bridgehead atoms. The molecule has 0 aliphatic heterocycles. The van der Waals surface area contributed by atoms with E-state index in [9.17, 15) is 0 Å². The van der Waals surface area contributed by atoms with E-state index in [0.717, 1.165) is 25.4 Å². The van der Waals surface area contributed by atoms with E-state index in [0.29, 0.717) is 5.92 Å². The number of nitrogens with one attached hydrogen (secondary N) is 1. The molecule has 1 aliphatic carbocycles. The Morgan fingerprint density at radius 3 is 2.42 bits per heavy atom. The zero-order chi connectivity index (χ0) is 13.5. The van der Waals surface area contributed by atoms with Gasteiger partial charge in [-0.05, 0) is 48.9 Å². The Kier molecular flexibility index (Phi) is 5.71. The van der Waals surface area contributed by atoms with Gasteiger partial charge in [-0.2, -0.15) is 0 Å². The number of rotatable bonds is 6. The topological polar surface area (TPSA) is 38.0 Å².